The summed E-state index contributed by atoms with van der Waals surface area (Å²) in [6, 6.07) is 9.42. The van der Waals surface area contributed by atoms with Crippen LogP contribution >= 0.6 is 0 Å². The van der Waals surface area contributed by atoms with Gasteiger partial charge in [-0.05, 0) is 18.6 Å². The van der Waals surface area contributed by atoms with Gasteiger partial charge in [0.05, 0.1) is 24.8 Å². The molecule has 1 aliphatic heterocycles. The second-order valence-corrected chi connectivity index (χ2v) is 3.16. The van der Waals surface area contributed by atoms with Crippen LogP contribution < -0.4 is 0 Å². The van der Waals surface area contributed by atoms with Gasteiger partial charge in [0.15, 0.2) is 6.29 Å². The molecule has 0 radical (unpaired) electrons. The number of ether oxygens (including phenoxy) is 2. The maximum Gasteiger partial charge on any atom is 0.183 e. The highest BCUT2D eigenvalue weighted by Crippen LogP contribution is 2.23. The number of nitrogens with zero attached hydrogens (tertiary/aromatic N) is 1. The molecule has 3 nitrogen and oxygen atoms in total. The van der Waals surface area contributed by atoms with E-state index in [9.17, 15) is 0 Å². The third-order valence-corrected chi connectivity index (χ3v) is 2.12. The maximum absolute atomic E-state index is 8.73. The van der Waals surface area contributed by atoms with E-state index >= 15 is 0 Å². The molecule has 0 amide bonds. The van der Waals surface area contributed by atoms with Crippen molar-refractivity contribution in [2.75, 3.05) is 13.2 Å². The highest BCUT2D eigenvalue weighted by atomic mass is 16.7. The zero-order valence-electron chi connectivity index (χ0n) is 7.77. The zero-order valence-corrected chi connectivity index (χ0v) is 7.77. The molecular weight excluding hydrogens is 178 g/mol. The van der Waals surface area contributed by atoms with Crippen LogP contribution in [0.3, 0.4) is 0 Å². The fourth-order valence-corrected chi connectivity index (χ4v) is 1.44. The predicted molar refractivity (Wildman–Crippen MR) is 50.4 cm³/mol. The summed E-state index contributed by atoms with van der Waals surface area (Å²) in [5.41, 5.74) is 1.56. The Kier molecular flexibility index (Phi) is 2.78. The Balaban J connectivity index is 2.18. The van der Waals surface area contributed by atoms with Crippen LogP contribution in [0.5, 0.6) is 0 Å². The summed E-state index contributed by atoms with van der Waals surface area (Å²) in [6.45, 7) is 1.45. The van der Waals surface area contributed by atoms with Gasteiger partial charge in [0.1, 0.15) is 0 Å². The van der Waals surface area contributed by atoms with Crippen LogP contribution in [0.25, 0.3) is 0 Å². The smallest absolute Gasteiger partial charge is 0.183 e. The molecule has 72 valence electrons. The SMILES string of the molecule is N#Cc1cccc(C2OCCCO2)c1. The molecule has 2 rings (SSSR count). The quantitative estimate of drug-likeness (QED) is 0.678. The summed E-state index contributed by atoms with van der Waals surface area (Å²) in [7, 11) is 0. The highest BCUT2D eigenvalue weighted by Gasteiger charge is 2.16. The molecule has 1 heterocycles. The summed E-state index contributed by atoms with van der Waals surface area (Å²) in [5.74, 6) is 0. The van der Waals surface area contributed by atoms with E-state index in [4.69, 9.17) is 14.7 Å². The van der Waals surface area contributed by atoms with Crippen LogP contribution in [0.2, 0.25) is 0 Å². The van der Waals surface area contributed by atoms with Gasteiger partial charge in [-0.3, -0.25) is 0 Å². The molecule has 0 bridgehead atoms. The molecule has 1 aromatic rings. The van der Waals surface area contributed by atoms with Crippen molar-refractivity contribution >= 4 is 0 Å². The molecule has 0 aromatic heterocycles. The minimum Gasteiger partial charge on any atom is -0.348 e. The molecule has 14 heavy (non-hydrogen) atoms. The van der Waals surface area contributed by atoms with Gasteiger partial charge in [0.25, 0.3) is 0 Å². The first-order chi connectivity index (χ1) is 6.90. The Hall–Kier alpha value is -1.37. The summed E-state index contributed by atoms with van der Waals surface area (Å²) < 4.78 is 10.9. The van der Waals surface area contributed by atoms with Gasteiger partial charge >= 0.3 is 0 Å². The molecule has 0 spiro atoms. The fourth-order valence-electron chi connectivity index (χ4n) is 1.44. The first-order valence-electron chi connectivity index (χ1n) is 4.63. The average molecular weight is 189 g/mol. The Morgan fingerprint density at radius 2 is 2.07 bits per heavy atom. The molecule has 1 aromatic carbocycles. The fraction of sp³-hybridized carbons (Fsp3) is 0.364. The number of hydrogen-bond acceptors (Lipinski definition) is 3. The summed E-state index contributed by atoms with van der Waals surface area (Å²) >= 11 is 0. The third kappa shape index (κ3) is 1.92. The number of hydrogen-bond donors (Lipinski definition) is 0. The lowest BCUT2D eigenvalue weighted by Gasteiger charge is -2.23. The minimum absolute atomic E-state index is 0.294. The van der Waals surface area contributed by atoms with E-state index in [-0.39, 0.29) is 6.29 Å². The Bertz CT molecular complexity index is 351. The molecule has 0 atom stereocenters. The van der Waals surface area contributed by atoms with E-state index in [1.54, 1.807) is 12.1 Å². The van der Waals surface area contributed by atoms with E-state index in [0.29, 0.717) is 5.56 Å². The maximum atomic E-state index is 8.73. The number of nitriles is 1. The molecule has 0 N–H and O–H groups in total. The van der Waals surface area contributed by atoms with Gasteiger partial charge in [-0.15, -0.1) is 0 Å². The topological polar surface area (TPSA) is 42.2 Å². The summed E-state index contributed by atoms with van der Waals surface area (Å²) in [4.78, 5) is 0. The third-order valence-electron chi connectivity index (χ3n) is 2.12. The van der Waals surface area contributed by atoms with Crippen LogP contribution in [0, 0.1) is 11.3 Å². The largest absolute Gasteiger partial charge is 0.348 e. The van der Waals surface area contributed by atoms with E-state index in [1.807, 2.05) is 12.1 Å². The predicted octanol–water partition coefficient (Wildman–Crippen LogP) is 1.99. The van der Waals surface area contributed by atoms with E-state index < -0.39 is 0 Å². The second kappa shape index (κ2) is 4.23. The lowest BCUT2D eigenvalue weighted by molar-refractivity contribution is -0.183. The molecule has 1 saturated heterocycles. The van der Waals surface area contributed by atoms with Gasteiger partial charge in [-0.25, -0.2) is 0 Å². The molecule has 0 saturated carbocycles. The van der Waals surface area contributed by atoms with Gasteiger partial charge < -0.3 is 9.47 Å². The minimum atomic E-state index is -0.294. The van der Waals surface area contributed by atoms with Crippen molar-refractivity contribution in [3.05, 3.63) is 35.4 Å². The summed E-state index contributed by atoms with van der Waals surface area (Å²) in [5, 5.41) is 8.73. The molecule has 1 aliphatic rings. The molecular formula is C11H11NO2. The van der Waals surface area contributed by atoms with Crippen molar-refractivity contribution in [2.24, 2.45) is 0 Å². The van der Waals surface area contributed by atoms with Crippen molar-refractivity contribution in [3.63, 3.8) is 0 Å². The highest BCUT2D eigenvalue weighted by molar-refractivity contribution is 5.33. The van der Waals surface area contributed by atoms with E-state index in [1.165, 1.54) is 0 Å². The van der Waals surface area contributed by atoms with Crippen molar-refractivity contribution < 1.29 is 9.47 Å². The monoisotopic (exact) mass is 189 g/mol. The molecule has 3 heteroatoms. The van der Waals surface area contributed by atoms with Crippen molar-refractivity contribution in [3.8, 4) is 6.07 Å². The van der Waals surface area contributed by atoms with Crippen molar-refractivity contribution in [1.29, 1.82) is 5.26 Å². The second-order valence-electron chi connectivity index (χ2n) is 3.16. The average Bonchev–Trinajstić information content (AvgIpc) is 2.30. The van der Waals surface area contributed by atoms with Crippen molar-refractivity contribution in [1.82, 2.24) is 0 Å². The Labute approximate surface area is 82.9 Å². The van der Waals surface area contributed by atoms with E-state index in [2.05, 4.69) is 6.07 Å². The van der Waals surface area contributed by atoms with Crippen LogP contribution in [0.15, 0.2) is 24.3 Å². The summed E-state index contributed by atoms with van der Waals surface area (Å²) in [6.07, 6.45) is 0.645. The first-order valence-corrected chi connectivity index (χ1v) is 4.63. The first kappa shape index (κ1) is 9.20. The molecule has 0 unspecified atom stereocenters. The standard InChI is InChI=1S/C11H11NO2/c12-8-9-3-1-4-10(7-9)11-13-5-2-6-14-11/h1,3-4,7,11H,2,5-6H2. The van der Waals surface area contributed by atoms with Gasteiger partial charge in [0.2, 0.25) is 0 Å². The number of rotatable bonds is 1. The normalized spacial score (nSPS) is 17.6. The van der Waals surface area contributed by atoms with Gasteiger partial charge in [0, 0.05) is 5.56 Å². The van der Waals surface area contributed by atoms with Crippen LogP contribution in [-0.2, 0) is 9.47 Å². The van der Waals surface area contributed by atoms with E-state index in [0.717, 1.165) is 25.2 Å². The van der Waals surface area contributed by atoms with Crippen LogP contribution in [0.1, 0.15) is 23.8 Å². The number of benzene rings is 1. The van der Waals surface area contributed by atoms with Gasteiger partial charge in [-0.1, -0.05) is 12.1 Å². The zero-order chi connectivity index (χ0) is 9.80. The van der Waals surface area contributed by atoms with Gasteiger partial charge in [-0.2, -0.15) is 5.26 Å². The lowest BCUT2D eigenvalue weighted by atomic mass is 10.1. The molecule has 0 aliphatic carbocycles. The Morgan fingerprint density at radius 3 is 2.79 bits per heavy atom. The Morgan fingerprint density at radius 1 is 1.29 bits per heavy atom. The van der Waals surface area contributed by atoms with Crippen LogP contribution in [0.4, 0.5) is 0 Å². The van der Waals surface area contributed by atoms with Crippen molar-refractivity contribution in [2.45, 2.75) is 12.7 Å². The molecule has 1 fully saturated rings. The van der Waals surface area contributed by atoms with Crippen LogP contribution in [-0.4, -0.2) is 13.2 Å². The lowest BCUT2D eigenvalue weighted by Crippen LogP contribution is -2.17.